The van der Waals surface area contributed by atoms with Gasteiger partial charge in [0.1, 0.15) is 4.90 Å². The summed E-state index contributed by atoms with van der Waals surface area (Å²) in [5.41, 5.74) is 6.45. The van der Waals surface area contributed by atoms with Crippen molar-refractivity contribution >= 4 is 15.7 Å². The van der Waals surface area contributed by atoms with Crippen LogP contribution in [0.3, 0.4) is 0 Å². The number of nitrogens with two attached hydrogens (primary N) is 2. The molecule has 0 amide bonds. The Balaban J connectivity index is 2.36. The first-order chi connectivity index (χ1) is 9.47. The van der Waals surface area contributed by atoms with Crippen molar-refractivity contribution in [1.82, 2.24) is 0 Å². The number of primary sulfonamides is 1. The molecular formula is C13H21N3O3S. The van der Waals surface area contributed by atoms with E-state index >= 15 is 0 Å². The summed E-state index contributed by atoms with van der Waals surface area (Å²) in [5, 5.41) is 5.29. The Kier molecular flexibility index (Phi) is 4.64. The van der Waals surface area contributed by atoms with Crippen molar-refractivity contribution in [2.45, 2.75) is 29.9 Å². The number of sulfonamides is 1. The minimum Gasteiger partial charge on any atom is -0.381 e. The highest BCUT2D eigenvalue weighted by Gasteiger charge is 2.30. The topological polar surface area (TPSA) is 98.6 Å². The Morgan fingerprint density at radius 2 is 2.10 bits per heavy atom. The standard InChI is InChI=1S/C13H21N3O3S/c1-19-11-6-7-16(10(8-11)9-14)12-4-2-3-5-13(12)20(15,17)18/h2-5,10-11H,6-9,14H2,1H3,(H2,15,17,18). The summed E-state index contributed by atoms with van der Waals surface area (Å²) >= 11 is 0. The van der Waals surface area contributed by atoms with Crippen LogP contribution in [0, 0.1) is 0 Å². The first-order valence-corrected chi connectivity index (χ1v) is 8.13. The summed E-state index contributed by atoms with van der Waals surface area (Å²) < 4.78 is 28.8. The normalized spacial score (nSPS) is 23.9. The van der Waals surface area contributed by atoms with Gasteiger partial charge in [0.25, 0.3) is 0 Å². The average Bonchev–Trinajstić information content (AvgIpc) is 2.45. The van der Waals surface area contributed by atoms with Gasteiger partial charge in [-0.3, -0.25) is 0 Å². The quantitative estimate of drug-likeness (QED) is 0.832. The number of methoxy groups -OCH3 is 1. The van der Waals surface area contributed by atoms with Crippen LogP contribution in [-0.2, 0) is 14.8 Å². The number of hydrogen-bond acceptors (Lipinski definition) is 5. The van der Waals surface area contributed by atoms with E-state index in [1.807, 2.05) is 4.90 Å². The van der Waals surface area contributed by atoms with Gasteiger partial charge in [-0.05, 0) is 25.0 Å². The summed E-state index contributed by atoms with van der Waals surface area (Å²) in [4.78, 5) is 2.17. The van der Waals surface area contributed by atoms with E-state index in [1.165, 1.54) is 6.07 Å². The molecule has 2 rings (SSSR count). The predicted molar refractivity (Wildman–Crippen MR) is 78.0 cm³/mol. The molecule has 1 aliphatic heterocycles. The fraction of sp³-hybridized carbons (Fsp3) is 0.538. The summed E-state index contributed by atoms with van der Waals surface area (Å²) in [6, 6.07) is 6.83. The van der Waals surface area contributed by atoms with Crippen molar-refractivity contribution in [3.63, 3.8) is 0 Å². The minimum atomic E-state index is -3.75. The van der Waals surface area contributed by atoms with Gasteiger partial charge in [0.05, 0.1) is 11.8 Å². The molecule has 1 saturated heterocycles. The zero-order valence-corrected chi connectivity index (χ0v) is 12.3. The number of anilines is 1. The third-order valence-electron chi connectivity index (χ3n) is 3.75. The second kappa shape index (κ2) is 6.09. The highest BCUT2D eigenvalue weighted by Crippen LogP contribution is 2.30. The largest absolute Gasteiger partial charge is 0.381 e. The van der Waals surface area contributed by atoms with Crippen molar-refractivity contribution in [3.8, 4) is 0 Å². The van der Waals surface area contributed by atoms with Gasteiger partial charge in [0.2, 0.25) is 10.0 Å². The van der Waals surface area contributed by atoms with Gasteiger partial charge >= 0.3 is 0 Å². The number of nitrogens with zero attached hydrogens (tertiary/aromatic N) is 1. The Hall–Kier alpha value is -1.15. The SMILES string of the molecule is COC1CCN(c2ccccc2S(N)(=O)=O)C(CN)C1. The Morgan fingerprint density at radius 3 is 2.70 bits per heavy atom. The van der Waals surface area contributed by atoms with Gasteiger partial charge < -0.3 is 15.4 Å². The fourth-order valence-electron chi connectivity index (χ4n) is 2.70. The second-order valence-electron chi connectivity index (χ2n) is 4.98. The molecule has 1 aliphatic rings. The first kappa shape index (κ1) is 15.2. The lowest BCUT2D eigenvalue weighted by Gasteiger charge is -2.40. The monoisotopic (exact) mass is 299 g/mol. The van der Waals surface area contributed by atoms with E-state index in [2.05, 4.69) is 0 Å². The van der Waals surface area contributed by atoms with Gasteiger partial charge in [0.15, 0.2) is 0 Å². The van der Waals surface area contributed by atoms with Crippen LogP contribution in [0.1, 0.15) is 12.8 Å². The molecule has 112 valence electrons. The molecule has 2 atom stereocenters. The molecular weight excluding hydrogens is 278 g/mol. The molecule has 6 nitrogen and oxygen atoms in total. The summed E-state index contributed by atoms with van der Waals surface area (Å²) in [5.74, 6) is 0. The van der Waals surface area contributed by atoms with Gasteiger partial charge in [-0.15, -0.1) is 0 Å². The van der Waals surface area contributed by atoms with Crippen molar-refractivity contribution in [3.05, 3.63) is 24.3 Å². The third kappa shape index (κ3) is 3.12. The van der Waals surface area contributed by atoms with Gasteiger partial charge in [0, 0.05) is 26.2 Å². The molecule has 2 unspecified atom stereocenters. The Bertz CT molecular complexity index is 562. The molecule has 1 fully saturated rings. The molecule has 1 heterocycles. The van der Waals surface area contributed by atoms with E-state index < -0.39 is 10.0 Å². The molecule has 7 heteroatoms. The Labute approximate surface area is 119 Å². The van der Waals surface area contributed by atoms with E-state index in [9.17, 15) is 8.42 Å². The predicted octanol–water partition coefficient (Wildman–Crippen LogP) is 0.277. The number of para-hydroxylation sites is 1. The number of benzene rings is 1. The van der Waals surface area contributed by atoms with Crippen molar-refractivity contribution < 1.29 is 13.2 Å². The number of piperidine rings is 1. The van der Waals surface area contributed by atoms with Gasteiger partial charge in [-0.2, -0.15) is 0 Å². The summed E-state index contributed by atoms with van der Waals surface area (Å²) in [6.07, 6.45) is 1.79. The lowest BCUT2D eigenvalue weighted by atomic mass is 9.98. The molecule has 0 aromatic heterocycles. The minimum absolute atomic E-state index is 0.0524. The van der Waals surface area contributed by atoms with Crippen LogP contribution in [0.2, 0.25) is 0 Å². The molecule has 0 spiro atoms. The summed E-state index contributed by atoms with van der Waals surface area (Å²) in [6.45, 7) is 1.14. The smallest absolute Gasteiger partial charge is 0.240 e. The maximum atomic E-state index is 11.7. The van der Waals surface area contributed by atoms with Crippen molar-refractivity contribution in [2.75, 3.05) is 25.1 Å². The lowest BCUT2D eigenvalue weighted by molar-refractivity contribution is 0.0708. The average molecular weight is 299 g/mol. The number of rotatable bonds is 4. The van der Waals surface area contributed by atoms with E-state index in [0.717, 1.165) is 12.8 Å². The number of hydrogen-bond donors (Lipinski definition) is 2. The molecule has 0 bridgehead atoms. The molecule has 0 radical (unpaired) electrons. The zero-order chi connectivity index (χ0) is 14.8. The third-order valence-corrected chi connectivity index (χ3v) is 4.71. The van der Waals surface area contributed by atoms with Crippen molar-refractivity contribution in [1.29, 1.82) is 0 Å². The Morgan fingerprint density at radius 1 is 1.40 bits per heavy atom. The van der Waals surface area contributed by atoms with Crippen LogP contribution in [0.4, 0.5) is 5.69 Å². The zero-order valence-electron chi connectivity index (χ0n) is 11.5. The van der Waals surface area contributed by atoms with Crippen molar-refractivity contribution in [2.24, 2.45) is 10.9 Å². The molecule has 20 heavy (non-hydrogen) atoms. The highest BCUT2D eigenvalue weighted by molar-refractivity contribution is 7.89. The van der Waals surface area contributed by atoms with Crippen LogP contribution in [0.15, 0.2) is 29.2 Å². The molecule has 0 aliphatic carbocycles. The van der Waals surface area contributed by atoms with Crippen LogP contribution in [0.5, 0.6) is 0 Å². The van der Waals surface area contributed by atoms with Crippen LogP contribution in [0.25, 0.3) is 0 Å². The maximum absolute atomic E-state index is 11.7. The summed E-state index contributed by atoms with van der Waals surface area (Å²) in [7, 11) is -2.06. The van der Waals surface area contributed by atoms with E-state index in [1.54, 1.807) is 25.3 Å². The first-order valence-electron chi connectivity index (χ1n) is 6.58. The van der Waals surface area contributed by atoms with Crippen LogP contribution >= 0.6 is 0 Å². The van der Waals surface area contributed by atoms with Crippen LogP contribution < -0.4 is 15.8 Å². The molecule has 1 aromatic carbocycles. The molecule has 0 saturated carbocycles. The maximum Gasteiger partial charge on any atom is 0.240 e. The number of ether oxygens (including phenoxy) is 1. The van der Waals surface area contributed by atoms with E-state index in [-0.39, 0.29) is 17.0 Å². The van der Waals surface area contributed by atoms with Gasteiger partial charge in [-0.1, -0.05) is 12.1 Å². The fourth-order valence-corrected chi connectivity index (χ4v) is 3.45. The van der Waals surface area contributed by atoms with Crippen LogP contribution in [-0.4, -0.2) is 40.8 Å². The molecule has 4 N–H and O–H groups in total. The van der Waals surface area contributed by atoms with Gasteiger partial charge in [-0.25, -0.2) is 13.6 Å². The highest BCUT2D eigenvalue weighted by atomic mass is 32.2. The van der Waals surface area contributed by atoms with E-state index in [0.29, 0.717) is 18.8 Å². The van der Waals surface area contributed by atoms with E-state index in [4.69, 9.17) is 15.6 Å². The second-order valence-corrected chi connectivity index (χ2v) is 6.51. The molecule has 1 aromatic rings. The lowest BCUT2D eigenvalue weighted by Crippen LogP contribution is -2.49.